The maximum Gasteiger partial charge on any atom is 0.131 e. The maximum absolute atomic E-state index is 13.4. The van der Waals surface area contributed by atoms with Crippen LogP contribution in [0.1, 0.15) is 16.5 Å². The Morgan fingerprint density at radius 2 is 2.00 bits per heavy atom. The van der Waals surface area contributed by atoms with E-state index in [0.717, 1.165) is 17.0 Å². The summed E-state index contributed by atoms with van der Waals surface area (Å²) in [6.45, 7) is 0. The lowest BCUT2D eigenvalue weighted by Gasteiger charge is -2.10. The van der Waals surface area contributed by atoms with Gasteiger partial charge in [0.05, 0.1) is 10.4 Å². The van der Waals surface area contributed by atoms with Crippen molar-refractivity contribution < 1.29 is 13.9 Å². The van der Waals surface area contributed by atoms with Crippen LogP contribution in [0.5, 0.6) is 0 Å². The monoisotopic (exact) mass is 274 g/mol. The van der Waals surface area contributed by atoms with Crippen LogP contribution in [0.25, 0.3) is 0 Å². The fraction of sp³-hybridized carbons (Fsp3) is 0.167. The van der Waals surface area contributed by atoms with Gasteiger partial charge in [-0.05, 0) is 18.2 Å². The Morgan fingerprint density at radius 3 is 2.59 bits per heavy atom. The zero-order chi connectivity index (χ0) is 12.4. The van der Waals surface area contributed by atoms with Gasteiger partial charge in [0.25, 0.3) is 0 Å². The van der Waals surface area contributed by atoms with E-state index in [4.69, 9.17) is 11.6 Å². The number of aliphatic hydroxyl groups is 1. The Bertz CT molecular complexity index is 527. The molecule has 1 heterocycles. The predicted octanol–water partition coefficient (Wildman–Crippen LogP) is 3.96. The molecule has 5 heteroatoms. The van der Waals surface area contributed by atoms with E-state index < -0.39 is 17.7 Å². The molecule has 1 aromatic carbocycles. The molecule has 0 radical (unpaired) electrons. The van der Waals surface area contributed by atoms with E-state index in [0.29, 0.717) is 4.34 Å². The molecule has 90 valence electrons. The molecular formula is C12H9ClF2OS. The van der Waals surface area contributed by atoms with Gasteiger partial charge in [-0.3, -0.25) is 0 Å². The van der Waals surface area contributed by atoms with E-state index in [1.54, 1.807) is 12.1 Å². The summed E-state index contributed by atoms with van der Waals surface area (Å²) in [6.07, 6.45) is -0.731. The predicted molar refractivity (Wildman–Crippen MR) is 64.4 cm³/mol. The van der Waals surface area contributed by atoms with Crippen molar-refractivity contribution in [2.45, 2.75) is 12.5 Å². The number of rotatable bonds is 3. The summed E-state index contributed by atoms with van der Waals surface area (Å²) in [5.41, 5.74) is 0.0934. The van der Waals surface area contributed by atoms with Crippen LogP contribution in [0.3, 0.4) is 0 Å². The van der Waals surface area contributed by atoms with Crippen molar-refractivity contribution in [2.75, 3.05) is 0 Å². The number of halogens is 3. The lowest BCUT2D eigenvalue weighted by molar-refractivity contribution is 0.174. The van der Waals surface area contributed by atoms with Crippen LogP contribution in [0.4, 0.5) is 8.78 Å². The van der Waals surface area contributed by atoms with Gasteiger partial charge in [-0.25, -0.2) is 8.78 Å². The first-order chi connectivity index (χ1) is 8.06. The van der Waals surface area contributed by atoms with Gasteiger partial charge in [0.1, 0.15) is 11.6 Å². The highest BCUT2D eigenvalue weighted by atomic mass is 35.5. The Hall–Kier alpha value is -0.970. The van der Waals surface area contributed by atoms with Crippen molar-refractivity contribution >= 4 is 22.9 Å². The van der Waals surface area contributed by atoms with Crippen LogP contribution >= 0.6 is 22.9 Å². The summed E-state index contributed by atoms with van der Waals surface area (Å²) in [7, 11) is 0. The third kappa shape index (κ3) is 3.03. The number of hydrogen-bond acceptors (Lipinski definition) is 2. The third-order valence-corrected chi connectivity index (χ3v) is 3.60. The second kappa shape index (κ2) is 5.12. The first kappa shape index (κ1) is 12.5. The molecule has 0 saturated carbocycles. The van der Waals surface area contributed by atoms with Crippen molar-refractivity contribution in [3.8, 4) is 0 Å². The summed E-state index contributed by atoms with van der Waals surface area (Å²) in [5.74, 6) is -1.39. The lowest BCUT2D eigenvalue weighted by Crippen LogP contribution is -2.03. The minimum atomic E-state index is -0.995. The summed E-state index contributed by atoms with van der Waals surface area (Å²) < 4.78 is 26.7. The molecule has 2 aromatic rings. The third-order valence-electron chi connectivity index (χ3n) is 2.34. The Kier molecular flexibility index (Phi) is 3.76. The summed E-state index contributed by atoms with van der Waals surface area (Å²) in [6, 6.07) is 6.64. The van der Waals surface area contributed by atoms with E-state index >= 15 is 0 Å². The SMILES string of the molecule is OC(Cc1ccc(Cl)s1)c1ccc(F)cc1F. The lowest BCUT2D eigenvalue weighted by atomic mass is 10.1. The first-order valence-electron chi connectivity index (χ1n) is 4.93. The number of aliphatic hydroxyl groups excluding tert-OH is 1. The molecule has 0 aliphatic carbocycles. The van der Waals surface area contributed by atoms with Gasteiger partial charge < -0.3 is 5.11 Å². The summed E-state index contributed by atoms with van der Waals surface area (Å²) in [5, 5.41) is 9.86. The molecule has 2 rings (SSSR count). The minimum absolute atomic E-state index is 0.0934. The highest BCUT2D eigenvalue weighted by molar-refractivity contribution is 7.16. The standard InChI is InChI=1S/C12H9ClF2OS/c13-12-4-2-8(17-12)6-11(16)9-3-1-7(14)5-10(9)15/h1-5,11,16H,6H2. The Balaban J connectivity index is 2.17. The Morgan fingerprint density at radius 1 is 1.24 bits per heavy atom. The molecule has 0 aliphatic heterocycles. The van der Waals surface area contributed by atoms with Crippen LogP contribution in [0.15, 0.2) is 30.3 Å². The normalized spacial score (nSPS) is 12.7. The largest absolute Gasteiger partial charge is 0.388 e. The topological polar surface area (TPSA) is 20.2 Å². The number of hydrogen-bond donors (Lipinski definition) is 1. The fourth-order valence-electron chi connectivity index (χ4n) is 1.53. The fourth-order valence-corrected chi connectivity index (χ4v) is 2.66. The van der Waals surface area contributed by atoms with Crippen LogP contribution < -0.4 is 0 Å². The van der Waals surface area contributed by atoms with Gasteiger partial charge in [0.15, 0.2) is 0 Å². The molecule has 0 spiro atoms. The molecule has 0 fully saturated rings. The first-order valence-corrected chi connectivity index (χ1v) is 6.13. The van der Waals surface area contributed by atoms with Crippen LogP contribution in [-0.4, -0.2) is 5.11 Å². The van der Waals surface area contributed by atoms with Crippen LogP contribution in [-0.2, 0) is 6.42 Å². The molecule has 17 heavy (non-hydrogen) atoms. The van der Waals surface area contributed by atoms with Gasteiger partial charge in [-0.15, -0.1) is 11.3 Å². The molecule has 0 amide bonds. The molecular weight excluding hydrogens is 266 g/mol. The zero-order valence-electron chi connectivity index (χ0n) is 8.66. The van der Waals surface area contributed by atoms with Crippen molar-refractivity contribution in [1.82, 2.24) is 0 Å². The van der Waals surface area contributed by atoms with Gasteiger partial charge in [0.2, 0.25) is 0 Å². The van der Waals surface area contributed by atoms with Gasteiger partial charge in [0, 0.05) is 22.9 Å². The van der Waals surface area contributed by atoms with Gasteiger partial charge in [-0.2, -0.15) is 0 Å². The zero-order valence-corrected chi connectivity index (χ0v) is 10.2. The number of thiophene rings is 1. The second-order valence-corrected chi connectivity index (χ2v) is 5.39. The summed E-state index contributed by atoms with van der Waals surface area (Å²) >= 11 is 7.08. The van der Waals surface area contributed by atoms with Gasteiger partial charge >= 0.3 is 0 Å². The van der Waals surface area contributed by atoms with E-state index in [9.17, 15) is 13.9 Å². The van der Waals surface area contributed by atoms with Gasteiger partial charge in [-0.1, -0.05) is 17.7 Å². The molecule has 0 bridgehead atoms. The molecule has 1 atom stereocenters. The van der Waals surface area contributed by atoms with Crippen molar-refractivity contribution in [3.63, 3.8) is 0 Å². The number of benzene rings is 1. The molecule has 1 unspecified atom stereocenters. The average molecular weight is 275 g/mol. The van der Waals surface area contributed by atoms with Crippen molar-refractivity contribution in [3.05, 3.63) is 56.7 Å². The molecule has 0 aliphatic rings. The molecule has 1 aromatic heterocycles. The van der Waals surface area contributed by atoms with E-state index in [2.05, 4.69) is 0 Å². The summed E-state index contributed by atoms with van der Waals surface area (Å²) in [4.78, 5) is 0.853. The van der Waals surface area contributed by atoms with E-state index in [1.165, 1.54) is 17.4 Å². The Labute approximate surface area is 106 Å². The van der Waals surface area contributed by atoms with Crippen molar-refractivity contribution in [1.29, 1.82) is 0 Å². The highest BCUT2D eigenvalue weighted by Crippen LogP contribution is 2.27. The van der Waals surface area contributed by atoms with Crippen LogP contribution in [0, 0.1) is 11.6 Å². The minimum Gasteiger partial charge on any atom is -0.388 e. The quantitative estimate of drug-likeness (QED) is 0.898. The highest BCUT2D eigenvalue weighted by Gasteiger charge is 2.15. The van der Waals surface area contributed by atoms with Crippen LogP contribution in [0.2, 0.25) is 4.34 Å². The maximum atomic E-state index is 13.4. The molecule has 0 saturated heterocycles. The van der Waals surface area contributed by atoms with E-state index in [1.807, 2.05) is 0 Å². The van der Waals surface area contributed by atoms with E-state index in [-0.39, 0.29) is 12.0 Å². The smallest absolute Gasteiger partial charge is 0.131 e. The average Bonchev–Trinajstić information content (AvgIpc) is 2.63. The molecule has 1 N–H and O–H groups in total. The van der Waals surface area contributed by atoms with Crippen molar-refractivity contribution in [2.24, 2.45) is 0 Å². The second-order valence-electron chi connectivity index (χ2n) is 3.59. The molecule has 1 nitrogen and oxygen atoms in total.